The number of aryl methyl sites for hydroxylation is 1. The normalized spacial score (nSPS) is 20.2. The monoisotopic (exact) mass is 501 g/mol. The Morgan fingerprint density at radius 1 is 1.08 bits per heavy atom. The van der Waals surface area contributed by atoms with Gasteiger partial charge >= 0.3 is 5.97 Å². The predicted octanol–water partition coefficient (Wildman–Crippen LogP) is 7.80. The molecule has 3 aliphatic rings. The molecule has 3 nitrogen and oxygen atoms in total. The van der Waals surface area contributed by atoms with E-state index in [9.17, 15) is 14.3 Å². The quantitative estimate of drug-likeness (QED) is 0.421. The lowest BCUT2D eigenvalue weighted by Crippen LogP contribution is -2.40. The first-order valence-corrected chi connectivity index (χ1v) is 14.0. The van der Waals surface area contributed by atoms with E-state index in [-0.39, 0.29) is 6.67 Å². The fourth-order valence-electron chi connectivity index (χ4n) is 6.48. The Hall–Kier alpha value is -2.72. The lowest BCUT2D eigenvalue weighted by atomic mass is 9.69. The van der Waals surface area contributed by atoms with Crippen LogP contribution in [0.4, 0.5) is 4.39 Å². The third kappa shape index (κ3) is 5.90. The van der Waals surface area contributed by atoms with E-state index in [0.717, 1.165) is 44.5 Å². The number of carboxylic acid groups (broad SMARTS) is 1. The highest BCUT2D eigenvalue weighted by molar-refractivity contribution is 5.90. The second-order valence-electron chi connectivity index (χ2n) is 12.0. The molecule has 1 N–H and O–H groups in total. The lowest BCUT2D eigenvalue weighted by molar-refractivity contribution is 0.0696. The summed E-state index contributed by atoms with van der Waals surface area (Å²) in [6.45, 7) is 7.26. The summed E-state index contributed by atoms with van der Waals surface area (Å²) in [7, 11) is 0. The minimum Gasteiger partial charge on any atom is -0.478 e. The number of allylic oxidation sites excluding steroid dienone is 1. The van der Waals surface area contributed by atoms with Crippen molar-refractivity contribution in [2.24, 2.45) is 11.3 Å². The van der Waals surface area contributed by atoms with E-state index >= 15 is 0 Å². The molecule has 2 aromatic carbocycles. The summed E-state index contributed by atoms with van der Waals surface area (Å²) >= 11 is 0. The molecule has 37 heavy (non-hydrogen) atoms. The van der Waals surface area contributed by atoms with Crippen LogP contribution >= 0.6 is 0 Å². The van der Waals surface area contributed by atoms with Gasteiger partial charge in [0.25, 0.3) is 0 Å². The zero-order chi connectivity index (χ0) is 26.0. The van der Waals surface area contributed by atoms with Crippen LogP contribution in [0.3, 0.4) is 0 Å². The van der Waals surface area contributed by atoms with Gasteiger partial charge in [-0.2, -0.15) is 0 Å². The molecule has 2 aliphatic carbocycles. The topological polar surface area (TPSA) is 40.5 Å². The number of alkyl halides is 1. The van der Waals surface area contributed by atoms with Crippen molar-refractivity contribution in [2.45, 2.75) is 65.2 Å². The van der Waals surface area contributed by atoms with Crippen molar-refractivity contribution in [1.29, 1.82) is 0 Å². The molecular weight excluding hydrogens is 461 g/mol. The van der Waals surface area contributed by atoms with E-state index in [4.69, 9.17) is 0 Å². The number of carbonyl (C=O) groups is 1. The molecule has 1 aliphatic heterocycles. The number of carboxylic acids is 1. The highest BCUT2D eigenvalue weighted by Crippen LogP contribution is 2.46. The molecule has 1 saturated heterocycles. The van der Waals surface area contributed by atoms with Gasteiger partial charge in [0.05, 0.1) is 12.2 Å². The third-order valence-corrected chi connectivity index (χ3v) is 8.70. The Bertz CT molecular complexity index is 1190. The molecule has 0 atom stereocenters. The highest BCUT2D eigenvalue weighted by Gasteiger charge is 2.31. The number of likely N-dealkylation sites (tertiary alicyclic amines) is 1. The van der Waals surface area contributed by atoms with Gasteiger partial charge in [0.2, 0.25) is 0 Å². The molecule has 0 bridgehead atoms. The average Bonchev–Trinajstić information content (AvgIpc) is 3.05. The Kier molecular flexibility index (Phi) is 7.67. The molecule has 0 radical (unpaired) electrons. The largest absolute Gasteiger partial charge is 0.478 e. The van der Waals surface area contributed by atoms with E-state index in [1.54, 1.807) is 11.6 Å². The van der Waals surface area contributed by atoms with Crippen molar-refractivity contribution < 1.29 is 14.3 Å². The van der Waals surface area contributed by atoms with Crippen LogP contribution in [0.25, 0.3) is 11.6 Å². The number of benzene rings is 2. The van der Waals surface area contributed by atoms with E-state index in [2.05, 4.69) is 55.2 Å². The predicted molar refractivity (Wildman–Crippen MR) is 150 cm³/mol. The summed E-state index contributed by atoms with van der Waals surface area (Å²) in [4.78, 5) is 14.0. The molecule has 0 spiro atoms. The number of aromatic carboxylic acids is 1. The molecule has 2 fully saturated rings. The van der Waals surface area contributed by atoms with E-state index in [0.29, 0.717) is 23.3 Å². The fourth-order valence-corrected chi connectivity index (χ4v) is 6.48. The van der Waals surface area contributed by atoms with Crippen LogP contribution < -0.4 is 0 Å². The maximum absolute atomic E-state index is 12.4. The first kappa shape index (κ1) is 25.9. The number of hydrogen-bond donors (Lipinski definition) is 1. The van der Waals surface area contributed by atoms with E-state index in [1.807, 2.05) is 6.07 Å². The van der Waals surface area contributed by atoms with Crippen LogP contribution in [0, 0.1) is 11.3 Å². The zero-order valence-electron chi connectivity index (χ0n) is 22.4. The molecule has 1 saturated carbocycles. The maximum Gasteiger partial charge on any atom is 0.335 e. The van der Waals surface area contributed by atoms with Crippen LogP contribution in [0.2, 0.25) is 0 Å². The van der Waals surface area contributed by atoms with Crippen LogP contribution in [-0.2, 0) is 6.42 Å². The summed E-state index contributed by atoms with van der Waals surface area (Å²) in [5, 5.41) is 9.59. The number of fused-ring (bicyclic) bond motifs is 1. The molecule has 0 amide bonds. The van der Waals surface area contributed by atoms with Crippen LogP contribution in [0.5, 0.6) is 0 Å². The van der Waals surface area contributed by atoms with Crippen molar-refractivity contribution in [3.05, 3.63) is 81.4 Å². The number of halogens is 1. The number of nitrogens with zero attached hydrogens (tertiary/aromatic N) is 1. The fraction of sp³-hybridized carbons (Fsp3) is 0.485. The summed E-state index contributed by atoms with van der Waals surface area (Å²) in [5.41, 5.74) is 9.95. The number of rotatable bonds is 7. The molecule has 2 aromatic rings. The van der Waals surface area contributed by atoms with Crippen molar-refractivity contribution in [2.75, 3.05) is 26.3 Å². The van der Waals surface area contributed by atoms with Gasteiger partial charge in [-0.3, -0.25) is 9.29 Å². The summed E-state index contributed by atoms with van der Waals surface area (Å²) in [5.74, 6) is -0.260. The molecule has 196 valence electrons. The smallest absolute Gasteiger partial charge is 0.335 e. The van der Waals surface area contributed by atoms with E-state index < -0.39 is 5.97 Å². The zero-order valence-corrected chi connectivity index (χ0v) is 22.4. The summed E-state index contributed by atoms with van der Waals surface area (Å²) in [6.07, 6.45) is 10.9. The highest BCUT2D eigenvalue weighted by atomic mass is 19.1. The molecular formula is C33H40FNO2. The van der Waals surface area contributed by atoms with Gasteiger partial charge in [-0.25, -0.2) is 4.79 Å². The van der Waals surface area contributed by atoms with Crippen LogP contribution in [0.15, 0.2) is 53.6 Å². The second kappa shape index (κ2) is 10.9. The molecule has 5 rings (SSSR count). The first-order chi connectivity index (χ1) is 17.8. The van der Waals surface area contributed by atoms with Gasteiger partial charge in [0.1, 0.15) is 0 Å². The SMILES string of the molecule is CC1(C)CCC(C2=C(c3ccc(C=C4CN(CCCF)C4)cc3)c3ccc(C(=O)O)cc3CCC2)CC1. The second-order valence-corrected chi connectivity index (χ2v) is 12.0. The van der Waals surface area contributed by atoms with Crippen molar-refractivity contribution in [3.8, 4) is 0 Å². The van der Waals surface area contributed by atoms with E-state index in [1.165, 1.54) is 53.5 Å². The van der Waals surface area contributed by atoms with Crippen molar-refractivity contribution in [1.82, 2.24) is 4.90 Å². The maximum atomic E-state index is 12.4. The van der Waals surface area contributed by atoms with Crippen molar-refractivity contribution >= 4 is 17.6 Å². The average molecular weight is 502 g/mol. The van der Waals surface area contributed by atoms with Gasteiger partial charge in [-0.05, 0) is 108 Å². The molecule has 0 aromatic heterocycles. The Morgan fingerprint density at radius 3 is 2.49 bits per heavy atom. The molecule has 0 unspecified atom stereocenters. The van der Waals surface area contributed by atoms with Gasteiger partial charge in [0, 0.05) is 19.6 Å². The van der Waals surface area contributed by atoms with Crippen molar-refractivity contribution in [3.63, 3.8) is 0 Å². The van der Waals surface area contributed by atoms with Gasteiger partial charge in [-0.1, -0.05) is 55.8 Å². The summed E-state index contributed by atoms with van der Waals surface area (Å²) in [6, 6.07) is 14.7. The van der Waals surface area contributed by atoms with Crippen LogP contribution in [-0.4, -0.2) is 42.3 Å². The number of hydrogen-bond acceptors (Lipinski definition) is 2. The van der Waals surface area contributed by atoms with Gasteiger partial charge < -0.3 is 5.11 Å². The summed E-state index contributed by atoms with van der Waals surface area (Å²) < 4.78 is 12.4. The standard InChI is InChI=1S/C33H40FNO2/c1-33(2)15-13-25(14-16-33)29-6-3-5-27-20-28(32(36)37)11-12-30(27)31(29)26-9-7-23(8-10-26)19-24-21-35(22-24)18-4-17-34/h7-12,19-20,25H,3-6,13-18,21-22H2,1-2H3,(H,36,37). The minimum absolute atomic E-state index is 0.242. The molecule has 4 heteroatoms. The van der Waals surface area contributed by atoms with Gasteiger partial charge in [0.15, 0.2) is 0 Å². The minimum atomic E-state index is -0.857. The Balaban J connectivity index is 1.47. The van der Waals surface area contributed by atoms with Crippen LogP contribution in [0.1, 0.15) is 91.4 Å². The Labute approximate surface area is 221 Å². The Morgan fingerprint density at radius 2 is 1.81 bits per heavy atom. The first-order valence-electron chi connectivity index (χ1n) is 14.0. The van der Waals surface area contributed by atoms with Gasteiger partial charge in [-0.15, -0.1) is 0 Å². The third-order valence-electron chi connectivity index (χ3n) is 8.70. The lowest BCUT2D eigenvalue weighted by Gasteiger charge is -2.36. The molecule has 1 heterocycles.